The van der Waals surface area contributed by atoms with E-state index in [1.54, 1.807) is 54.6 Å². The van der Waals surface area contributed by atoms with Crippen LogP contribution in [0.1, 0.15) is 5.56 Å². The number of fused-ring (bicyclic) bond motifs is 1. The number of rotatable bonds is 9. The Hall–Kier alpha value is -3.34. The number of nitrogens with two attached hydrogens (primary N) is 1. The second-order valence-electron chi connectivity index (χ2n) is 8.81. The van der Waals surface area contributed by atoms with Crippen LogP contribution in [-0.4, -0.2) is 63.8 Å². The summed E-state index contributed by atoms with van der Waals surface area (Å²) in [6.45, 7) is 1.17. The maximum atomic E-state index is 12.9. The summed E-state index contributed by atoms with van der Waals surface area (Å²) in [6, 6.07) is 20.5. The second-order valence-corrected chi connectivity index (χ2v) is 13.0. The van der Waals surface area contributed by atoms with Crippen molar-refractivity contribution in [3.8, 4) is 11.4 Å². The van der Waals surface area contributed by atoms with Gasteiger partial charge in [-0.3, -0.25) is 0 Å². The van der Waals surface area contributed by atoms with Crippen LogP contribution < -0.4 is 5.73 Å². The summed E-state index contributed by atoms with van der Waals surface area (Å²) in [4.78, 5) is 11.5. The van der Waals surface area contributed by atoms with Crippen molar-refractivity contribution in [1.29, 1.82) is 0 Å². The number of benzene rings is 3. The van der Waals surface area contributed by atoms with Crippen LogP contribution in [0.15, 0.2) is 82.6 Å². The average Bonchev–Trinajstić information content (AvgIpc) is 2.86. The number of anilines is 1. The molecule has 0 bridgehead atoms. The van der Waals surface area contributed by atoms with Gasteiger partial charge < -0.3 is 10.6 Å². The van der Waals surface area contributed by atoms with Gasteiger partial charge in [0.2, 0.25) is 9.84 Å². The number of nitrogens with zero attached hydrogens (tertiary/aromatic N) is 3. The van der Waals surface area contributed by atoms with Gasteiger partial charge in [0.15, 0.2) is 5.82 Å². The lowest BCUT2D eigenvalue weighted by atomic mass is 10.1. The highest BCUT2D eigenvalue weighted by atomic mass is 32.2. The molecule has 8 nitrogen and oxygen atoms in total. The number of nitrogen functional groups attached to an aromatic ring is 1. The molecule has 188 valence electrons. The molecule has 1 heterocycles. The van der Waals surface area contributed by atoms with Crippen LogP contribution in [0.5, 0.6) is 0 Å². The van der Waals surface area contributed by atoms with E-state index in [1.807, 2.05) is 30.1 Å². The molecular formula is C26H28N4O4S2. The lowest BCUT2D eigenvalue weighted by Gasteiger charge is -2.16. The molecule has 0 radical (unpaired) electrons. The second kappa shape index (κ2) is 10.3. The van der Waals surface area contributed by atoms with Crippen LogP contribution in [0.3, 0.4) is 0 Å². The average molecular weight is 525 g/mol. The minimum atomic E-state index is -3.62. The third-order valence-corrected chi connectivity index (χ3v) is 8.60. The first-order valence-electron chi connectivity index (χ1n) is 11.4. The quantitative estimate of drug-likeness (QED) is 0.354. The molecule has 4 aromatic rings. The Morgan fingerprint density at radius 1 is 0.833 bits per heavy atom. The Labute approximate surface area is 211 Å². The summed E-state index contributed by atoms with van der Waals surface area (Å²) in [5, 5.41) is 0.733. The number of likely N-dealkylation sites (N-methyl/N-ethyl adjacent to an activating group) is 1. The van der Waals surface area contributed by atoms with Crippen molar-refractivity contribution >= 4 is 36.4 Å². The van der Waals surface area contributed by atoms with E-state index in [1.165, 1.54) is 6.26 Å². The van der Waals surface area contributed by atoms with E-state index in [-0.39, 0.29) is 15.5 Å². The maximum absolute atomic E-state index is 12.9. The third-order valence-electron chi connectivity index (χ3n) is 5.89. The zero-order valence-electron chi connectivity index (χ0n) is 20.1. The highest BCUT2D eigenvalue weighted by Gasteiger charge is 2.17. The van der Waals surface area contributed by atoms with Crippen LogP contribution in [0.2, 0.25) is 0 Å². The standard InChI is InChI=1S/C26H28N4O4S2/c1-30(16-17-35(2,31)32)15-14-19-8-13-23-24(18-19)28-26(29-25(23)27)20-9-11-22(12-10-20)36(33,34)21-6-4-3-5-7-21/h3-13,18H,14-17H2,1-2H3,(H2,27,28,29). The van der Waals surface area contributed by atoms with Crippen LogP contribution in [0.4, 0.5) is 5.82 Å². The zero-order valence-corrected chi connectivity index (χ0v) is 21.8. The molecule has 0 spiro atoms. The van der Waals surface area contributed by atoms with Crippen LogP contribution in [0, 0.1) is 0 Å². The fourth-order valence-electron chi connectivity index (χ4n) is 3.76. The molecule has 0 unspecified atom stereocenters. The SMILES string of the molecule is CN(CCc1ccc2c(N)nc(-c3ccc(S(=O)(=O)c4ccccc4)cc3)nc2c1)CCS(C)(=O)=O. The Morgan fingerprint density at radius 2 is 1.50 bits per heavy atom. The monoisotopic (exact) mass is 524 g/mol. The Morgan fingerprint density at radius 3 is 2.17 bits per heavy atom. The molecule has 4 rings (SSSR count). The van der Waals surface area contributed by atoms with Crippen molar-refractivity contribution in [2.24, 2.45) is 0 Å². The van der Waals surface area contributed by atoms with Crippen LogP contribution in [0.25, 0.3) is 22.3 Å². The molecule has 0 atom stereocenters. The van der Waals surface area contributed by atoms with Gasteiger partial charge in [-0.1, -0.05) is 24.3 Å². The molecule has 0 saturated carbocycles. The number of hydrogen-bond acceptors (Lipinski definition) is 8. The van der Waals surface area contributed by atoms with Crippen molar-refractivity contribution in [2.75, 3.05) is 37.9 Å². The van der Waals surface area contributed by atoms with Crippen LogP contribution >= 0.6 is 0 Å². The molecule has 1 aromatic heterocycles. The molecular weight excluding hydrogens is 496 g/mol. The third kappa shape index (κ3) is 6.07. The number of sulfone groups is 2. The molecule has 0 amide bonds. The topological polar surface area (TPSA) is 123 Å². The minimum absolute atomic E-state index is 0.125. The van der Waals surface area contributed by atoms with E-state index in [4.69, 9.17) is 5.73 Å². The van der Waals surface area contributed by atoms with Crippen molar-refractivity contribution in [3.63, 3.8) is 0 Å². The summed E-state index contributed by atoms with van der Waals surface area (Å²) in [5.74, 6) is 0.874. The van der Waals surface area contributed by atoms with E-state index in [9.17, 15) is 16.8 Å². The smallest absolute Gasteiger partial charge is 0.206 e. The molecule has 3 aromatic carbocycles. The van der Waals surface area contributed by atoms with Gasteiger partial charge in [0.05, 0.1) is 21.1 Å². The Balaban J connectivity index is 1.55. The maximum Gasteiger partial charge on any atom is 0.206 e. The Bertz CT molecular complexity index is 1590. The molecule has 0 aliphatic rings. The van der Waals surface area contributed by atoms with Gasteiger partial charge in [-0.05, 0) is 67.6 Å². The molecule has 0 saturated heterocycles. The summed E-state index contributed by atoms with van der Waals surface area (Å²) < 4.78 is 48.5. The van der Waals surface area contributed by atoms with Crippen molar-refractivity contribution < 1.29 is 16.8 Å². The van der Waals surface area contributed by atoms with Gasteiger partial charge in [0.1, 0.15) is 15.7 Å². The summed E-state index contributed by atoms with van der Waals surface area (Å²) in [7, 11) is -4.72. The lowest BCUT2D eigenvalue weighted by molar-refractivity contribution is 0.358. The van der Waals surface area contributed by atoms with E-state index in [0.29, 0.717) is 35.8 Å². The molecule has 36 heavy (non-hydrogen) atoms. The first-order valence-corrected chi connectivity index (χ1v) is 14.9. The van der Waals surface area contributed by atoms with Gasteiger partial charge in [-0.15, -0.1) is 0 Å². The molecule has 10 heteroatoms. The minimum Gasteiger partial charge on any atom is -0.383 e. The summed E-state index contributed by atoms with van der Waals surface area (Å²) in [5.41, 5.74) is 8.60. The van der Waals surface area contributed by atoms with Crippen LogP contribution in [-0.2, 0) is 26.1 Å². The first-order chi connectivity index (χ1) is 17.0. The largest absolute Gasteiger partial charge is 0.383 e. The van der Waals surface area contributed by atoms with E-state index in [2.05, 4.69) is 9.97 Å². The number of hydrogen-bond donors (Lipinski definition) is 1. The first kappa shape index (κ1) is 25.7. The van der Waals surface area contributed by atoms with E-state index in [0.717, 1.165) is 17.4 Å². The fraction of sp³-hybridized carbons (Fsp3) is 0.231. The van der Waals surface area contributed by atoms with Gasteiger partial charge in [0, 0.05) is 30.3 Å². The fourth-order valence-corrected chi connectivity index (χ4v) is 5.68. The predicted molar refractivity (Wildman–Crippen MR) is 142 cm³/mol. The van der Waals surface area contributed by atoms with Gasteiger partial charge in [-0.2, -0.15) is 0 Å². The van der Waals surface area contributed by atoms with Crippen molar-refractivity contribution in [3.05, 3.63) is 78.4 Å². The van der Waals surface area contributed by atoms with Gasteiger partial charge in [-0.25, -0.2) is 26.8 Å². The van der Waals surface area contributed by atoms with E-state index < -0.39 is 19.7 Å². The predicted octanol–water partition coefficient (Wildman–Crippen LogP) is 3.23. The number of aromatic nitrogens is 2. The lowest BCUT2D eigenvalue weighted by Crippen LogP contribution is -2.27. The summed E-state index contributed by atoms with van der Waals surface area (Å²) in [6.07, 6.45) is 1.96. The van der Waals surface area contributed by atoms with Gasteiger partial charge >= 0.3 is 0 Å². The van der Waals surface area contributed by atoms with E-state index >= 15 is 0 Å². The van der Waals surface area contributed by atoms with Crippen molar-refractivity contribution in [1.82, 2.24) is 14.9 Å². The molecule has 0 aliphatic carbocycles. The molecule has 2 N–H and O–H groups in total. The van der Waals surface area contributed by atoms with Gasteiger partial charge in [0.25, 0.3) is 0 Å². The van der Waals surface area contributed by atoms with Crippen molar-refractivity contribution in [2.45, 2.75) is 16.2 Å². The highest BCUT2D eigenvalue weighted by Crippen LogP contribution is 2.27. The highest BCUT2D eigenvalue weighted by molar-refractivity contribution is 7.91. The molecule has 0 aliphatic heterocycles. The molecule has 0 fully saturated rings. The zero-order chi connectivity index (χ0) is 25.9. The normalized spacial score (nSPS) is 12.3. The Kier molecular flexibility index (Phi) is 7.39. The summed E-state index contributed by atoms with van der Waals surface area (Å²) >= 11 is 0.